The first-order valence-corrected chi connectivity index (χ1v) is 13.8. The van der Waals surface area contributed by atoms with Crippen molar-refractivity contribution in [1.82, 2.24) is 19.7 Å². The molecule has 16 heteroatoms. The van der Waals surface area contributed by atoms with E-state index in [0.29, 0.717) is 11.2 Å². The van der Waals surface area contributed by atoms with E-state index in [2.05, 4.69) is 15.2 Å². The van der Waals surface area contributed by atoms with Crippen LogP contribution in [0.25, 0.3) is 5.52 Å². The number of ether oxygens (including phenoxy) is 2. The van der Waals surface area contributed by atoms with Crippen molar-refractivity contribution in [1.29, 1.82) is 0 Å². The first-order valence-electron chi connectivity index (χ1n) is 12.2. The van der Waals surface area contributed by atoms with E-state index in [1.54, 1.807) is 30.3 Å². The van der Waals surface area contributed by atoms with Gasteiger partial charge in [-0.25, -0.2) is 14.1 Å². The summed E-state index contributed by atoms with van der Waals surface area (Å²) in [5, 5.41) is 28.4. The second-order valence-electron chi connectivity index (χ2n) is 9.49. The average Bonchev–Trinajstić information content (AvgIpc) is 3.44. The van der Waals surface area contributed by atoms with Crippen LogP contribution in [0.1, 0.15) is 32.6 Å². The third-order valence-corrected chi connectivity index (χ3v) is 7.97. The number of aromatic nitrogens is 3. The largest absolute Gasteiger partial charge is 0.459 e. The molecule has 4 rings (SSSR count). The molecule has 2 aromatic heterocycles. The molecule has 0 bridgehead atoms. The molecule has 1 amide bonds. The minimum absolute atomic E-state index is 0.150. The summed E-state index contributed by atoms with van der Waals surface area (Å²) in [5.74, 6) is -1.44. The van der Waals surface area contributed by atoms with E-state index < -0.39 is 62.3 Å². The number of aliphatic hydroxyl groups is 2. The molecular weight excluding hydrogens is 547 g/mol. The fraction of sp³-hybridized carbons (Fsp3) is 0.417. The van der Waals surface area contributed by atoms with Crippen LogP contribution in [0.2, 0.25) is 0 Å². The Morgan fingerprint density at radius 2 is 1.93 bits per heavy atom. The van der Waals surface area contributed by atoms with Gasteiger partial charge in [0.1, 0.15) is 47.5 Å². The summed E-state index contributed by atoms with van der Waals surface area (Å²) in [5.41, 5.74) is 10.3. The van der Waals surface area contributed by atoms with Crippen molar-refractivity contribution in [3.63, 3.8) is 0 Å². The Balaban J connectivity index is 1.54. The molecule has 216 valence electrons. The molecule has 7 N–H and O–H groups in total. The van der Waals surface area contributed by atoms with Crippen molar-refractivity contribution in [2.45, 2.75) is 56.8 Å². The lowest BCUT2D eigenvalue weighted by molar-refractivity contribution is -0.155. The number of para-hydroxylation sites is 1. The third-order valence-electron chi connectivity index (χ3n) is 6.35. The van der Waals surface area contributed by atoms with E-state index in [4.69, 9.17) is 30.0 Å². The summed E-state index contributed by atoms with van der Waals surface area (Å²) in [6.45, 7) is 3.53. The van der Waals surface area contributed by atoms with E-state index in [9.17, 15) is 24.4 Å². The van der Waals surface area contributed by atoms with Crippen LogP contribution in [0.15, 0.2) is 48.8 Å². The lowest BCUT2D eigenvalue weighted by atomic mass is 9.97. The highest BCUT2D eigenvalue weighted by Gasteiger charge is 2.54. The van der Waals surface area contributed by atoms with Gasteiger partial charge in [-0.2, -0.15) is 10.2 Å². The normalized spacial score (nSPS) is 25.7. The Hall–Kier alpha value is -3.59. The van der Waals surface area contributed by atoms with Gasteiger partial charge in [0.25, 0.3) is 5.91 Å². The first kappa shape index (κ1) is 29.4. The Labute approximate surface area is 229 Å². The fourth-order valence-electron chi connectivity index (χ4n) is 4.05. The van der Waals surface area contributed by atoms with E-state index in [1.807, 2.05) is 0 Å². The molecule has 1 fully saturated rings. The highest BCUT2D eigenvalue weighted by Crippen LogP contribution is 2.48. The average molecular weight is 579 g/mol. The minimum atomic E-state index is -4.37. The number of carbonyl (C=O) groups is 2. The van der Waals surface area contributed by atoms with Gasteiger partial charge in [-0.15, -0.1) is 0 Å². The number of amides is 1. The summed E-state index contributed by atoms with van der Waals surface area (Å²) >= 11 is 0. The van der Waals surface area contributed by atoms with Crippen LogP contribution in [0.3, 0.4) is 0 Å². The Kier molecular flexibility index (Phi) is 8.44. The second kappa shape index (κ2) is 11.5. The van der Waals surface area contributed by atoms with E-state index >= 15 is 0 Å². The predicted octanol–water partition coefficient (Wildman–Crippen LogP) is 0.462. The van der Waals surface area contributed by atoms with Crippen molar-refractivity contribution >= 4 is 31.0 Å². The van der Waals surface area contributed by atoms with E-state index in [1.165, 1.54) is 43.7 Å². The third kappa shape index (κ3) is 6.09. The first-order chi connectivity index (χ1) is 18.8. The number of nitrogens with one attached hydrogen (secondary N) is 1. The molecule has 1 aliphatic heterocycles. The molecule has 0 radical (unpaired) electrons. The number of hydrogen-bond acceptors (Lipinski definition) is 12. The van der Waals surface area contributed by atoms with E-state index in [0.717, 1.165) is 0 Å². The van der Waals surface area contributed by atoms with Crippen molar-refractivity contribution < 1.29 is 42.9 Å². The molecule has 0 aliphatic carbocycles. The molecule has 0 spiro atoms. The predicted molar refractivity (Wildman–Crippen MR) is 140 cm³/mol. The number of benzene rings is 1. The quantitative estimate of drug-likeness (QED) is 0.154. The molecule has 7 atom stereocenters. The number of aliphatic hydroxyl groups excluding tert-OH is 2. The molecule has 15 nitrogen and oxygen atoms in total. The number of nitrogens with zero attached hydrogens (tertiary/aromatic N) is 3. The van der Waals surface area contributed by atoms with Gasteiger partial charge in [0.15, 0.2) is 11.9 Å². The maximum atomic E-state index is 13.8. The van der Waals surface area contributed by atoms with Crippen LogP contribution in [0, 0.1) is 0 Å². The highest BCUT2D eigenvalue weighted by atomic mass is 31.2. The maximum absolute atomic E-state index is 13.8. The van der Waals surface area contributed by atoms with Gasteiger partial charge in [0, 0.05) is 0 Å². The lowest BCUT2D eigenvalue weighted by Gasteiger charge is -2.30. The van der Waals surface area contributed by atoms with Gasteiger partial charge in [0.05, 0.1) is 12.3 Å². The van der Waals surface area contributed by atoms with Gasteiger partial charge in [0.2, 0.25) is 0 Å². The van der Waals surface area contributed by atoms with Crippen LogP contribution in [-0.4, -0.2) is 73.2 Å². The number of primary amides is 1. The van der Waals surface area contributed by atoms with Gasteiger partial charge in [-0.1, -0.05) is 18.2 Å². The van der Waals surface area contributed by atoms with Crippen molar-refractivity contribution in [2.75, 3.05) is 12.3 Å². The molecular formula is C24H31N6O9P. The van der Waals surface area contributed by atoms with Gasteiger partial charge in [-0.05, 0) is 45.0 Å². The Bertz CT molecular complexity index is 1420. The van der Waals surface area contributed by atoms with Crippen LogP contribution >= 0.6 is 7.75 Å². The molecule has 1 unspecified atom stereocenters. The Morgan fingerprint density at radius 1 is 1.23 bits per heavy atom. The van der Waals surface area contributed by atoms with Crippen LogP contribution in [0.5, 0.6) is 5.75 Å². The summed E-state index contributed by atoms with van der Waals surface area (Å²) in [4.78, 5) is 27.7. The number of carbonyl (C=O) groups excluding carboxylic acids is 2. The zero-order valence-electron chi connectivity index (χ0n) is 21.9. The number of esters is 1. The smallest absolute Gasteiger partial charge is 0.451 e. The SMILES string of the molecule is C[C@H](NP(=O)(OC[C@@]1(C)O[C@@H](c2ccc3c(N)ncnn23)[C@H](O)[C@@H]1O)Oc1ccccc1)C(=O)O[C@@H](C)C(N)=O. The molecule has 0 saturated carbocycles. The van der Waals surface area contributed by atoms with E-state index in [-0.39, 0.29) is 11.6 Å². The van der Waals surface area contributed by atoms with Gasteiger partial charge >= 0.3 is 13.7 Å². The number of nitrogen functional groups attached to an aromatic ring is 1. The number of nitrogens with two attached hydrogens (primary N) is 2. The maximum Gasteiger partial charge on any atom is 0.459 e. The zero-order valence-corrected chi connectivity index (χ0v) is 22.8. The number of fused-ring (bicyclic) bond motifs is 1. The molecule has 40 heavy (non-hydrogen) atoms. The number of anilines is 1. The molecule has 3 aromatic rings. The molecule has 1 aromatic carbocycles. The fourth-order valence-corrected chi connectivity index (χ4v) is 5.63. The van der Waals surface area contributed by atoms with Crippen LogP contribution < -0.4 is 21.1 Å². The lowest BCUT2D eigenvalue weighted by Crippen LogP contribution is -2.45. The van der Waals surface area contributed by atoms with Gasteiger partial charge < -0.3 is 35.7 Å². The summed E-state index contributed by atoms with van der Waals surface area (Å²) < 4.78 is 37.5. The topological polar surface area (TPSA) is 223 Å². The van der Waals surface area contributed by atoms with Crippen molar-refractivity contribution in [3.8, 4) is 5.75 Å². The summed E-state index contributed by atoms with van der Waals surface area (Å²) in [6, 6.07) is 10.0. The van der Waals surface area contributed by atoms with Crippen molar-refractivity contribution in [2.24, 2.45) is 5.73 Å². The summed E-state index contributed by atoms with van der Waals surface area (Å²) in [7, 11) is -4.37. The number of hydrogen-bond donors (Lipinski definition) is 5. The second-order valence-corrected chi connectivity index (χ2v) is 11.2. The molecule has 1 saturated heterocycles. The standard InChI is InChI=1S/C24H31N6O9P/c1-13(23(34)37-14(2)22(26)33)29-40(35,39-15-7-5-4-6-8-15)36-11-24(3)20(32)18(31)19(38-24)16-9-10-17-21(25)27-12-28-30(16)17/h4-10,12-14,18-20,31-32H,11H2,1-3H3,(H2,26,33)(H,29,35)(H2,25,27,28)/t13-,14-,18-,19-,20-,24+,40?/m0/s1. The minimum Gasteiger partial charge on any atom is -0.451 e. The molecule has 3 heterocycles. The monoisotopic (exact) mass is 578 g/mol. The van der Waals surface area contributed by atoms with Crippen LogP contribution in [-0.2, 0) is 28.2 Å². The number of rotatable bonds is 11. The van der Waals surface area contributed by atoms with Crippen LogP contribution in [0.4, 0.5) is 5.82 Å². The zero-order chi connectivity index (χ0) is 29.2. The highest BCUT2D eigenvalue weighted by molar-refractivity contribution is 7.52. The summed E-state index contributed by atoms with van der Waals surface area (Å²) in [6.07, 6.45) is -3.96. The van der Waals surface area contributed by atoms with Crippen molar-refractivity contribution in [3.05, 3.63) is 54.5 Å². The Morgan fingerprint density at radius 3 is 2.60 bits per heavy atom. The molecule has 1 aliphatic rings. The van der Waals surface area contributed by atoms with Gasteiger partial charge in [-0.3, -0.25) is 14.1 Å².